The minimum Gasteiger partial charge on any atom is -0.480 e. The average molecular weight is 279 g/mol. The molecule has 0 aliphatic carbocycles. The molecule has 0 aromatic heterocycles. The van der Waals surface area contributed by atoms with Crippen LogP contribution in [-0.4, -0.2) is 31.3 Å². The Morgan fingerprint density at radius 1 is 1.33 bits per heavy atom. The van der Waals surface area contributed by atoms with Gasteiger partial charge in [-0.15, -0.1) is 0 Å². The summed E-state index contributed by atoms with van der Waals surface area (Å²) in [5.41, 5.74) is -0.152. The molecular weight excluding hydrogens is 254 g/mol. The predicted octanol–water partition coefficient (Wildman–Crippen LogP) is 1.99. The minimum absolute atomic E-state index is 0.152. The number of hydrogen-bond donors (Lipinski definition) is 2. The van der Waals surface area contributed by atoms with E-state index in [0.717, 1.165) is 25.7 Å². The second-order valence-electron chi connectivity index (χ2n) is 5.47. The van der Waals surface area contributed by atoms with Gasteiger partial charge in [0.25, 0.3) is 0 Å². The molecule has 0 saturated heterocycles. The third-order valence-electron chi connectivity index (χ3n) is 3.02. The van der Waals surface area contributed by atoms with Gasteiger partial charge in [-0.05, 0) is 18.8 Å². The van der Waals surface area contributed by atoms with Crippen LogP contribution >= 0.6 is 0 Å². The molecule has 0 saturated carbocycles. The maximum atomic E-state index is 11.7. The van der Waals surface area contributed by atoms with Crippen LogP contribution in [0.2, 0.25) is 0 Å². The summed E-state index contributed by atoms with van der Waals surface area (Å²) in [5.74, 6) is -1.33. The molecule has 0 spiro atoms. The number of unbranched alkanes of at least 4 members (excludes halogenated alkanes) is 2. The van der Waals surface area contributed by atoms with E-state index in [4.69, 9.17) is 5.11 Å². The first kappa shape index (κ1) is 17.4. The number of carboxylic acids is 1. The summed E-state index contributed by atoms with van der Waals surface area (Å²) in [6.07, 6.45) is 4.23. The Balaban J connectivity index is 4.34. The lowest BCUT2D eigenvalue weighted by molar-refractivity contribution is -0.136. The van der Waals surface area contributed by atoms with Crippen LogP contribution in [-0.2, 0) is 14.8 Å². The van der Waals surface area contributed by atoms with E-state index in [1.807, 2.05) is 13.8 Å². The van der Waals surface area contributed by atoms with Gasteiger partial charge in [-0.1, -0.05) is 40.0 Å². The fourth-order valence-corrected chi connectivity index (χ4v) is 2.60. The molecule has 0 radical (unpaired) electrons. The molecule has 0 rings (SSSR count). The fourth-order valence-electron chi connectivity index (χ4n) is 1.50. The second kappa shape index (κ2) is 7.09. The third-order valence-corrected chi connectivity index (χ3v) is 4.70. The van der Waals surface area contributed by atoms with Gasteiger partial charge < -0.3 is 5.11 Å². The van der Waals surface area contributed by atoms with Gasteiger partial charge in [-0.2, -0.15) is 0 Å². The fraction of sp³-hybridized carbons (Fsp3) is 0.917. The Hall–Kier alpha value is -0.620. The van der Waals surface area contributed by atoms with Crippen LogP contribution in [0.1, 0.15) is 53.4 Å². The maximum Gasteiger partial charge on any atom is 0.323 e. The largest absolute Gasteiger partial charge is 0.480 e. The Bertz CT molecular complexity index is 362. The van der Waals surface area contributed by atoms with E-state index >= 15 is 0 Å². The van der Waals surface area contributed by atoms with Crippen molar-refractivity contribution < 1.29 is 18.3 Å². The minimum atomic E-state index is -3.77. The summed E-state index contributed by atoms with van der Waals surface area (Å²) in [6, 6.07) is 0. The summed E-state index contributed by atoms with van der Waals surface area (Å²) in [4.78, 5) is 10.7. The lowest BCUT2D eigenvalue weighted by Gasteiger charge is -2.25. The molecule has 1 unspecified atom stereocenters. The zero-order chi connectivity index (χ0) is 14.4. The van der Waals surface area contributed by atoms with Crippen LogP contribution < -0.4 is 4.72 Å². The number of carbonyl (C=O) groups is 1. The van der Waals surface area contributed by atoms with Crippen molar-refractivity contribution in [3.63, 3.8) is 0 Å². The van der Waals surface area contributed by atoms with Crippen LogP contribution in [0.25, 0.3) is 0 Å². The number of rotatable bonds is 9. The first-order chi connectivity index (χ1) is 8.12. The van der Waals surface area contributed by atoms with Crippen LogP contribution in [0.5, 0.6) is 0 Å². The van der Waals surface area contributed by atoms with Gasteiger partial charge in [0.2, 0.25) is 10.0 Å². The molecule has 0 fully saturated rings. The summed E-state index contributed by atoms with van der Waals surface area (Å²) in [7, 11) is -3.77. The van der Waals surface area contributed by atoms with Crippen molar-refractivity contribution in [3.05, 3.63) is 0 Å². The first-order valence-corrected chi connectivity index (χ1v) is 7.88. The SMILES string of the molecule is CCCCCC(C)(C)CNS(=O)(=O)C(C)C(=O)O. The first-order valence-electron chi connectivity index (χ1n) is 6.33. The highest BCUT2D eigenvalue weighted by Gasteiger charge is 2.29. The molecule has 6 heteroatoms. The lowest BCUT2D eigenvalue weighted by Crippen LogP contribution is -2.41. The van der Waals surface area contributed by atoms with Crippen molar-refractivity contribution >= 4 is 16.0 Å². The molecule has 18 heavy (non-hydrogen) atoms. The van der Waals surface area contributed by atoms with E-state index in [1.165, 1.54) is 6.92 Å². The van der Waals surface area contributed by atoms with Crippen molar-refractivity contribution in [2.75, 3.05) is 6.54 Å². The molecule has 0 aliphatic heterocycles. The van der Waals surface area contributed by atoms with E-state index in [9.17, 15) is 13.2 Å². The quantitative estimate of drug-likeness (QED) is 0.632. The highest BCUT2D eigenvalue weighted by Crippen LogP contribution is 2.23. The summed E-state index contributed by atoms with van der Waals surface area (Å²) in [5, 5.41) is 7.29. The monoisotopic (exact) mass is 279 g/mol. The third kappa shape index (κ3) is 6.35. The van der Waals surface area contributed by atoms with Crippen LogP contribution in [0.15, 0.2) is 0 Å². The van der Waals surface area contributed by atoms with Crippen LogP contribution in [0.3, 0.4) is 0 Å². The number of carboxylic acid groups (broad SMARTS) is 1. The van der Waals surface area contributed by atoms with Gasteiger partial charge in [0.15, 0.2) is 5.25 Å². The van der Waals surface area contributed by atoms with Gasteiger partial charge in [0.05, 0.1) is 0 Å². The smallest absolute Gasteiger partial charge is 0.323 e. The standard InChI is InChI=1S/C12H25NO4S/c1-5-6-7-8-12(3,4)9-13-18(16,17)10(2)11(14)15/h10,13H,5-9H2,1-4H3,(H,14,15). The zero-order valence-electron chi connectivity index (χ0n) is 11.7. The molecule has 0 heterocycles. The Morgan fingerprint density at radius 3 is 2.33 bits per heavy atom. The molecular formula is C12H25NO4S. The highest BCUT2D eigenvalue weighted by atomic mass is 32.2. The van der Waals surface area contributed by atoms with Crippen molar-refractivity contribution in [1.82, 2.24) is 4.72 Å². The Morgan fingerprint density at radius 2 is 1.89 bits per heavy atom. The van der Waals surface area contributed by atoms with E-state index in [1.54, 1.807) is 0 Å². The van der Waals surface area contributed by atoms with Crippen molar-refractivity contribution in [3.8, 4) is 0 Å². The summed E-state index contributed by atoms with van der Waals surface area (Å²) in [6.45, 7) is 7.53. The molecule has 0 aliphatic rings. The molecule has 5 nitrogen and oxygen atoms in total. The Labute approximate surface area is 110 Å². The zero-order valence-corrected chi connectivity index (χ0v) is 12.5. The van der Waals surface area contributed by atoms with Gasteiger partial charge in [-0.25, -0.2) is 13.1 Å². The van der Waals surface area contributed by atoms with Crippen LogP contribution in [0.4, 0.5) is 0 Å². The molecule has 108 valence electrons. The predicted molar refractivity (Wildman–Crippen MR) is 71.9 cm³/mol. The average Bonchev–Trinajstić information content (AvgIpc) is 2.26. The van der Waals surface area contributed by atoms with Gasteiger partial charge in [0.1, 0.15) is 0 Å². The van der Waals surface area contributed by atoms with E-state index in [0.29, 0.717) is 0 Å². The van der Waals surface area contributed by atoms with Gasteiger partial charge >= 0.3 is 5.97 Å². The Kier molecular flexibility index (Phi) is 6.84. The molecule has 0 bridgehead atoms. The molecule has 0 aromatic rings. The number of nitrogens with one attached hydrogen (secondary N) is 1. The van der Waals surface area contributed by atoms with Crippen molar-refractivity contribution in [2.24, 2.45) is 5.41 Å². The highest BCUT2D eigenvalue weighted by molar-refractivity contribution is 7.90. The molecule has 1 atom stereocenters. The van der Waals surface area contributed by atoms with E-state index in [-0.39, 0.29) is 12.0 Å². The van der Waals surface area contributed by atoms with Gasteiger partial charge in [-0.3, -0.25) is 4.79 Å². The molecule has 0 amide bonds. The van der Waals surface area contributed by atoms with Crippen molar-refractivity contribution in [2.45, 2.75) is 58.6 Å². The summed E-state index contributed by atoms with van der Waals surface area (Å²) < 4.78 is 25.7. The van der Waals surface area contributed by atoms with Gasteiger partial charge in [0, 0.05) is 6.54 Å². The molecule has 0 aromatic carbocycles. The normalized spacial score (nSPS) is 14.4. The van der Waals surface area contributed by atoms with Crippen LogP contribution in [0, 0.1) is 5.41 Å². The van der Waals surface area contributed by atoms with E-state index in [2.05, 4.69) is 11.6 Å². The topological polar surface area (TPSA) is 83.5 Å². The van der Waals surface area contributed by atoms with E-state index < -0.39 is 21.2 Å². The number of aliphatic carboxylic acids is 1. The number of sulfonamides is 1. The lowest BCUT2D eigenvalue weighted by atomic mass is 9.87. The summed E-state index contributed by atoms with van der Waals surface area (Å²) >= 11 is 0. The second-order valence-corrected chi connectivity index (χ2v) is 7.55. The molecule has 2 N–H and O–H groups in total. The maximum absolute atomic E-state index is 11.7. The van der Waals surface area contributed by atoms with Crippen molar-refractivity contribution in [1.29, 1.82) is 0 Å². The number of hydrogen-bond acceptors (Lipinski definition) is 3.